The fourth-order valence-corrected chi connectivity index (χ4v) is 5.14. The molecule has 7 heteroatoms. The topological polar surface area (TPSA) is 52.7 Å². The van der Waals surface area contributed by atoms with Crippen molar-refractivity contribution in [3.8, 4) is 0 Å². The molecule has 0 atom stereocenters. The molecule has 1 saturated heterocycles. The second kappa shape index (κ2) is 8.66. The van der Waals surface area contributed by atoms with Crippen LogP contribution in [0.2, 0.25) is 5.02 Å². The Labute approximate surface area is 185 Å². The number of fused-ring (bicyclic) bond motifs is 1. The molecule has 3 aromatic rings. The second-order valence-corrected chi connectivity index (χ2v) is 9.11. The normalized spacial score (nSPS) is 14.4. The fourth-order valence-electron chi connectivity index (χ4n) is 3.73. The molecule has 1 fully saturated rings. The van der Waals surface area contributed by atoms with Crippen molar-refractivity contribution in [3.05, 3.63) is 58.4 Å². The number of hydrogen-bond donors (Lipinski definition) is 1. The number of carbonyl (C=O) groups excluding carboxylic acids is 2. The minimum atomic E-state index is -0.206. The fraction of sp³-hybridized carbons (Fsp3) is 0.304. The summed E-state index contributed by atoms with van der Waals surface area (Å²) in [4.78, 5) is 29.9. The van der Waals surface area contributed by atoms with E-state index in [4.69, 9.17) is 11.6 Å². The molecule has 1 aromatic heterocycles. The van der Waals surface area contributed by atoms with Crippen molar-refractivity contribution < 1.29 is 9.59 Å². The van der Waals surface area contributed by atoms with E-state index < -0.39 is 0 Å². The maximum atomic E-state index is 13.0. The number of nitrogens with zero attached hydrogens (tertiary/aromatic N) is 2. The third-order valence-corrected chi connectivity index (χ3v) is 6.99. The van der Waals surface area contributed by atoms with Crippen LogP contribution in [0.1, 0.15) is 23.5 Å². The lowest BCUT2D eigenvalue weighted by Gasteiger charge is -2.37. The molecule has 0 unspecified atom stereocenters. The third-order valence-electron chi connectivity index (χ3n) is 5.32. The van der Waals surface area contributed by atoms with Crippen LogP contribution in [0, 0.1) is 5.92 Å². The molecule has 5 nitrogen and oxygen atoms in total. The van der Waals surface area contributed by atoms with Gasteiger partial charge in [0.2, 0.25) is 5.91 Å². The maximum Gasteiger partial charge on any atom is 0.267 e. The van der Waals surface area contributed by atoms with Gasteiger partial charge in [-0.25, -0.2) is 0 Å². The summed E-state index contributed by atoms with van der Waals surface area (Å²) in [6.07, 6.45) is 0. The second-order valence-electron chi connectivity index (χ2n) is 7.68. The number of rotatable bonds is 4. The average molecular weight is 442 g/mol. The van der Waals surface area contributed by atoms with Gasteiger partial charge >= 0.3 is 0 Å². The highest BCUT2D eigenvalue weighted by Gasteiger charge is 2.25. The molecular weight excluding hydrogens is 418 g/mol. The highest BCUT2D eigenvalue weighted by Crippen LogP contribution is 2.36. The molecule has 0 spiro atoms. The summed E-state index contributed by atoms with van der Waals surface area (Å²) in [7, 11) is 0. The SMILES string of the molecule is CC(C)C(=O)N1CCN(c2ccccc2NC(=O)c2sc3ccccc3c2Cl)CC1. The van der Waals surface area contributed by atoms with Crippen LogP contribution in [0.15, 0.2) is 48.5 Å². The number of piperazine rings is 1. The summed E-state index contributed by atoms with van der Waals surface area (Å²) < 4.78 is 0.992. The number of thiophene rings is 1. The predicted molar refractivity (Wildman–Crippen MR) is 125 cm³/mol. The van der Waals surface area contributed by atoms with E-state index >= 15 is 0 Å². The van der Waals surface area contributed by atoms with E-state index in [0.29, 0.717) is 23.0 Å². The van der Waals surface area contributed by atoms with Crippen LogP contribution in [0.25, 0.3) is 10.1 Å². The van der Waals surface area contributed by atoms with Crippen molar-refractivity contribution in [1.82, 2.24) is 4.90 Å². The largest absolute Gasteiger partial charge is 0.366 e. The first-order chi connectivity index (χ1) is 14.5. The van der Waals surface area contributed by atoms with Crippen LogP contribution in [0.4, 0.5) is 11.4 Å². The Morgan fingerprint density at radius 1 is 1.00 bits per heavy atom. The number of benzene rings is 2. The maximum absolute atomic E-state index is 13.0. The van der Waals surface area contributed by atoms with E-state index in [1.54, 1.807) is 0 Å². The van der Waals surface area contributed by atoms with Crippen molar-refractivity contribution in [3.63, 3.8) is 0 Å². The van der Waals surface area contributed by atoms with Gasteiger partial charge in [0.25, 0.3) is 5.91 Å². The zero-order valence-corrected chi connectivity index (χ0v) is 18.6. The van der Waals surface area contributed by atoms with E-state index in [1.807, 2.05) is 67.3 Å². The van der Waals surface area contributed by atoms with E-state index in [-0.39, 0.29) is 17.7 Å². The lowest BCUT2D eigenvalue weighted by molar-refractivity contribution is -0.134. The zero-order chi connectivity index (χ0) is 21.3. The first-order valence-corrected chi connectivity index (χ1v) is 11.3. The lowest BCUT2D eigenvalue weighted by atomic mass is 10.1. The quantitative estimate of drug-likeness (QED) is 0.612. The van der Waals surface area contributed by atoms with Gasteiger partial charge in [0.1, 0.15) is 4.88 Å². The standard InChI is InChI=1S/C23H24ClN3O2S/c1-15(2)23(29)27-13-11-26(12-14-27)18-9-5-4-8-17(18)25-22(28)21-20(24)16-7-3-6-10-19(16)30-21/h3-10,15H,11-14H2,1-2H3,(H,25,28). The van der Waals surface area contributed by atoms with Gasteiger partial charge in [-0.15, -0.1) is 11.3 Å². The number of para-hydroxylation sites is 2. The Kier molecular flexibility index (Phi) is 5.97. The van der Waals surface area contributed by atoms with E-state index in [1.165, 1.54) is 11.3 Å². The highest BCUT2D eigenvalue weighted by molar-refractivity contribution is 7.21. The molecule has 156 valence electrons. The van der Waals surface area contributed by atoms with E-state index in [2.05, 4.69) is 10.2 Å². The number of carbonyl (C=O) groups is 2. The van der Waals surface area contributed by atoms with Crippen molar-refractivity contribution in [2.45, 2.75) is 13.8 Å². The van der Waals surface area contributed by atoms with Crippen LogP contribution in [-0.2, 0) is 4.79 Å². The molecule has 2 aromatic carbocycles. The Bertz CT molecular complexity index is 1090. The van der Waals surface area contributed by atoms with Crippen LogP contribution >= 0.6 is 22.9 Å². The number of hydrogen-bond acceptors (Lipinski definition) is 4. The van der Waals surface area contributed by atoms with Gasteiger partial charge in [-0.05, 0) is 18.2 Å². The van der Waals surface area contributed by atoms with Gasteiger partial charge in [0, 0.05) is 42.2 Å². The summed E-state index contributed by atoms with van der Waals surface area (Å²) in [5, 5.41) is 4.43. The van der Waals surface area contributed by atoms with Crippen molar-refractivity contribution >= 4 is 56.2 Å². The molecule has 30 heavy (non-hydrogen) atoms. The molecule has 0 saturated carbocycles. The smallest absolute Gasteiger partial charge is 0.267 e. The number of nitrogens with one attached hydrogen (secondary N) is 1. The Hall–Kier alpha value is -2.57. The molecule has 2 heterocycles. The summed E-state index contributed by atoms with van der Waals surface area (Å²) in [6.45, 7) is 6.68. The van der Waals surface area contributed by atoms with Gasteiger partial charge in [-0.2, -0.15) is 0 Å². The molecule has 1 N–H and O–H groups in total. The summed E-state index contributed by atoms with van der Waals surface area (Å²) in [6, 6.07) is 15.5. The Morgan fingerprint density at radius 2 is 1.67 bits per heavy atom. The first-order valence-electron chi connectivity index (χ1n) is 10.1. The van der Waals surface area contributed by atoms with Crippen LogP contribution < -0.4 is 10.2 Å². The van der Waals surface area contributed by atoms with Crippen LogP contribution in [0.5, 0.6) is 0 Å². The van der Waals surface area contributed by atoms with Crippen molar-refractivity contribution in [2.75, 3.05) is 36.4 Å². The minimum Gasteiger partial charge on any atom is -0.366 e. The summed E-state index contributed by atoms with van der Waals surface area (Å²) in [5.41, 5.74) is 1.71. The van der Waals surface area contributed by atoms with Crippen LogP contribution in [0.3, 0.4) is 0 Å². The molecule has 2 amide bonds. The number of anilines is 2. The van der Waals surface area contributed by atoms with Gasteiger partial charge in [0.15, 0.2) is 0 Å². The monoisotopic (exact) mass is 441 g/mol. The third kappa shape index (κ3) is 4.02. The van der Waals surface area contributed by atoms with Gasteiger partial charge in [-0.1, -0.05) is 55.8 Å². The summed E-state index contributed by atoms with van der Waals surface area (Å²) >= 11 is 7.88. The van der Waals surface area contributed by atoms with Crippen molar-refractivity contribution in [1.29, 1.82) is 0 Å². The summed E-state index contributed by atoms with van der Waals surface area (Å²) in [5.74, 6) is -0.00732. The molecule has 0 aliphatic carbocycles. The Morgan fingerprint density at radius 3 is 2.37 bits per heavy atom. The highest BCUT2D eigenvalue weighted by atomic mass is 35.5. The van der Waals surface area contributed by atoms with Gasteiger partial charge in [0.05, 0.1) is 16.4 Å². The molecule has 0 bridgehead atoms. The zero-order valence-electron chi connectivity index (χ0n) is 17.0. The van der Waals surface area contributed by atoms with E-state index in [9.17, 15) is 9.59 Å². The lowest BCUT2D eigenvalue weighted by Crippen LogP contribution is -2.50. The molecule has 1 aliphatic rings. The van der Waals surface area contributed by atoms with Gasteiger partial charge < -0.3 is 15.1 Å². The van der Waals surface area contributed by atoms with Crippen LogP contribution in [-0.4, -0.2) is 42.9 Å². The molecular formula is C23H24ClN3O2S. The minimum absolute atomic E-state index is 0.00850. The molecule has 4 rings (SSSR count). The van der Waals surface area contributed by atoms with Crippen molar-refractivity contribution in [2.24, 2.45) is 5.92 Å². The van der Waals surface area contributed by atoms with E-state index in [0.717, 1.165) is 34.6 Å². The van der Waals surface area contributed by atoms with Gasteiger partial charge in [-0.3, -0.25) is 9.59 Å². The molecule has 1 aliphatic heterocycles. The predicted octanol–water partition coefficient (Wildman–Crippen LogP) is 5.11. The number of halogens is 1. The first kappa shape index (κ1) is 20.7. The molecule has 0 radical (unpaired) electrons. The average Bonchev–Trinajstić information content (AvgIpc) is 3.10. The Balaban J connectivity index is 1.52. The number of amides is 2.